The Morgan fingerprint density at radius 2 is 1.84 bits per heavy atom. The summed E-state index contributed by atoms with van der Waals surface area (Å²) in [6.45, 7) is 13.2. The predicted molar refractivity (Wildman–Crippen MR) is 136 cm³/mol. The number of benzene rings is 1. The summed E-state index contributed by atoms with van der Waals surface area (Å²) in [5, 5.41) is 0.479. The molecule has 1 aromatic heterocycles. The van der Waals surface area contributed by atoms with Gasteiger partial charge in [-0.2, -0.15) is 0 Å². The summed E-state index contributed by atoms with van der Waals surface area (Å²) in [5.41, 5.74) is 0.513. The van der Waals surface area contributed by atoms with Crippen molar-refractivity contribution < 1.29 is 14.3 Å². The number of carbonyl (C=O) groups excluding carboxylic acids is 1. The predicted octanol–water partition coefficient (Wildman–Crippen LogP) is 6.01. The van der Waals surface area contributed by atoms with Crippen LogP contribution in [-0.2, 0) is 4.74 Å². The quantitative estimate of drug-likeness (QED) is 0.425. The first kappa shape index (κ1) is 25.8. The molecule has 0 saturated heterocycles. The molecule has 2 rings (SSSR count). The zero-order chi connectivity index (χ0) is 23.7. The molecular weight excluding hydrogens is 478 g/mol. The number of methoxy groups -OCH3 is 1. The molecule has 0 bridgehead atoms. The maximum absolute atomic E-state index is 13.2. The normalized spacial score (nSPS) is 14.0. The highest BCUT2D eigenvalue weighted by atomic mass is 79.9. The molecular formula is C24H36BrNO4S. The first-order chi connectivity index (χ1) is 14.2. The number of aromatic nitrogens is 1. The highest BCUT2D eigenvalue weighted by molar-refractivity contribution is 9.10. The molecule has 0 saturated carbocycles. The van der Waals surface area contributed by atoms with Crippen LogP contribution in [0.1, 0.15) is 57.9 Å². The van der Waals surface area contributed by atoms with Crippen molar-refractivity contribution in [2.75, 3.05) is 32.0 Å². The maximum atomic E-state index is 13.2. The van der Waals surface area contributed by atoms with Gasteiger partial charge in [-0.05, 0) is 57.8 Å². The number of fused-ring (bicyclic) bond motifs is 1. The van der Waals surface area contributed by atoms with Crippen LogP contribution in [0.25, 0.3) is 10.9 Å². The number of esters is 1. The lowest BCUT2D eigenvalue weighted by molar-refractivity contribution is 0.0524. The van der Waals surface area contributed by atoms with Gasteiger partial charge in [0.2, 0.25) is 5.43 Å². The van der Waals surface area contributed by atoms with Gasteiger partial charge in [-0.3, -0.25) is 4.79 Å². The fourth-order valence-corrected chi connectivity index (χ4v) is 5.81. The van der Waals surface area contributed by atoms with Gasteiger partial charge in [0, 0.05) is 23.7 Å². The first-order valence-electron chi connectivity index (χ1n) is 10.5. The van der Waals surface area contributed by atoms with Crippen LogP contribution in [-0.4, -0.2) is 47.3 Å². The Balaban J connectivity index is 2.87. The van der Waals surface area contributed by atoms with Gasteiger partial charge in [-0.1, -0.05) is 34.6 Å². The van der Waals surface area contributed by atoms with Crippen LogP contribution in [0.3, 0.4) is 0 Å². The van der Waals surface area contributed by atoms with E-state index in [2.05, 4.69) is 67.6 Å². The van der Waals surface area contributed by atoms with E-state index in [0.717, 1.165) is 11.3 Å². The second-order valence-electron chi connectivity index (χ2n) is 9.63. The van der Waals surface area contributed by atoms with E-state index in [1.165, 1.54) is 0 Å². The van der Waals surface area contributed by atoms with Crippen LogP contribution < -0.4 is 10.2 Å². The number of halogens is 1. The van der Waals surface area contributed by atoms with Crippen molar-refractivity contribution in [1.82, 2.24) is 4.57 Å². The Bertz CT molecular complexity index is 1020. The molecule has 1 atom stereocenters. The highest BCUT2D eigenvalue weighted by Gasteiger charge is 2.33. The third-order valence-corrected chi connectivity index (χ3v) is 11.3. The molecule has 0 N–H and O–H groups in total. The van der Waals surface area contributed by atoms with Crippen LogP contribution in [0.2, 0.25) is 0 Å². The van der Waals surface area contributed by atoms with Crippen LogP contribution in [0, 0.1) is 5.92 Å². The van der Waals surface area contributed by atoms with Crippen molar-refractivity contribution >= 4 is 42.8 Å². The summed E-state index contributed by atoms with van der Waals surface area (Å²) in [6, 6.07) is 3.73. The van der Waals surface area contributed by atoms with E-state index < -0.39 is 16.0 Å². The molecule has 5 nitrogen and oxygen atoms in total. The van der Waals surface area contributed by atoms with Gasteiger partial charge in [-0.25, -0.2) is 14.8 Å². The lowest BCUT2D eigenvalue weighted by Gasteiger charge is -2.48. The van der Waals surface area contributed by atoms with Crippen molar-refractivity contribution in [3.63, 3.8) is 0 Å². The molecule has 7 heteroatoms. The molecule has 1 heterocycles. The van der Waals surface area contributed by atoms with Crippen molar-refractivity contribution in [2.24, 2.45) is 5.92 Å². The van der Waals surface area contributed by atoms with Crippen LogP contribution in [0.4, 0.5) is 0 Å². The van der Waals surface area contributed by atoms with Crippen molar-refractivity contribution in [3.8, 4) is 5.75 Å². The largest absolute Gasteiger partial charge is 0.495 e. The maximum Gasteiger partial charge on any atom is 0.343 e. The number of ether oxygens (including phenoxy) is 2. The van der Waals surface area contributed by atoms with E-state index in [9.17, 15) is 9.59 Å². The molecule has 0 amide bonds. The second kappa shape index (κ2) is 9.57. The zero-order valence-corrected chi connectivity index (χ0v) is 22.6. The van der Waals surface area contributed by atoms with Gasteiger partial charge in [0.05, 0.1) is 23.7 Å². The van der Waals surface area contributed by atoms with Gasteiger partial charge >= 0.3 is 5.97 Å². The summed E-state index contributed by atoms with van der Waals surface area (Å²) >= 11 is 3.48. The Morgan fingerprint density at radius 1 is 1.23 bits per heavy atom. The average molecular weight is 515 g/mol. The Labute approximate surface area is 195 Å². The third-order valence-electron chi connectivity index (χ3n) is 6.17. The fourth-order valence-electron chi connectivity index (χ4n) is 3.41. The van der Waals surface area contributed by atoms with E-state index in [4.69, 9.17) is 9.47 Å². The molecule has 174 valence electrons. The molecule has 0 aliphatic heterocycles. The van der Waals surface area contributed by atoms with Gasteiger partial charge in [-0.15, -0.1) is 0 Å². The second-order valence-corrected chi connectivity index (χ2v) is 15.1. The van der Waals surface area contributed by atoms with Gasteiger partial charge < -0.3 is 14.0 Å². The number of rotatable bonds is 7. The number of pyridine rings is 1. The van der Waals surface area contributed by atoms with Crippen LogP contribution in [0.5, 0.6) is 5.75 Å². The van der Waals surface area contributed by atoms with E-state index in [-0.39, 0.29) is 28.4 Å². The Hall–Kier alpha value is -1.47. The van der Waals surface area contributed by atoms with Crippen LogP contribution >= 0.6 is 26.0 Å². The summed E-state index contributed by atoms with van der Waals surface area (Å²) in [4.78, 5) is 25.9. The molecule has 0 radical (unpaired) electrons. The Morgan fingerprint density at radius 3 is 2.32 bits per heavy atom. The molecule has 2 aromatic rings. The average Bonchev–Trinajstić information content (AvgIpc) is 2.65. The topological polar surface area (TPSA) is 57.5 Å². The number of carbonyl (C=O) groups is 1. The first-order valence-corrected chi connectivity index (χ1v) is 14.0. The summed E-state index contributed by atoms with van der Waals surface area (Å²) in [7, 11) is 0.614. The van der Waals surface area contributed by atoms with Gasteiger partial charge in [0.1, 0.15) is 11.3 Å². The van der Waals surface area contributed by atoms with E-state index >= 15 is 0 Å². The van der Waals surface area contributed by atoms with Gasteiger partial charge in [0.15, 0.2) is 0 Å². The lowest BCUT2D eigenvalue weighted by atomic mass is 10.0. The smallest absolute Gasteiger partial charge is 0.343 e. The SMILES string of the molecule is CCOC(=O)c1cn(C(CS(C)(C)C(C)(C)C)C(C)C)c2cc(OC)c(Br)cc2c1=O. The lowest BCUT2D eigenvalue weighted by Crippen LogP contribution is -2.33. The molecule has 0 aliphatic rings. The van der Waals surface area contributed by atoms with Gasteiger partial charge in [0.25, 0.3) is 0 Å². The number of hydrogen-bond donors (Lipinski definition) is 0. The molecule has 0 spiro atoms. The van der Waals surface area contributed by atoms with E-state index in [0.29, 0.717) is 21.5 Å². The minimum absolute atomic E-state index is 0.0700. The standard InChI is InChI=1S/C24H36BrNO4S/c1-10-30-23(28)17-13-26(20(15(2)3)14-31(8,9)24(4,5)6)19-12-21(29-7)18(25)11-16(19)22(17)27/h11-13,15,20H,10,14H2,1-9H3. The molecule has 31 heavy (non-hydrogen) atoms. The summed E-state index contributed by atoms with van der Waals surface area (Å²) < 4.78 is 13.7. The molecule has 1 unspecified atom stereocenters. The number of nitrogens with zero attached hydrogens (tertiary/aromatic N) is 1. The van der Waals surface area contributed by atoms with E-state index in [1.807, 2.05) is 6.07 Å². The summed E-state index contributed by atoms with van der Waals surface area (Å²) in [5.74, 6) is 1.33. The Kier molecular flexibility index (Phi) is 7.96. The summed E-state index contributed by atoms with van der Waals surface area (Å²) in [6.07, 6.45) is 6.41. The molecule has 0 fully saturated rings. The number of hydrogen-bond acceptors (Lipinski definition) is 4. The third kappa shape index (κ3) is 5.30. The van der Waals surface area contributed by atoms with Crippen molar-refractivity contribution in [1.29, 1.82) is 0 Å². The zero-order valence-electron chi connectivity index (χ0n) is 20.2. The minimum atomic E-state index is -0.992. The van der Waals surface area contributed by atoms with Crippen molar-refractivity contribution in [3.05, 3.63) is 38.6 Å². The monoisotopic (exact) mass is 513 g/mol. The molecule has 0 aliphatic carbocycles. The van der Waals surface area contributed by atoms with Crippen LogP contribution in [0.15, 0.2) is 27.6 Å². The molecule has 1 aromatic carbocycles. The van der Waals surface area contributed by atoms with Crippen molar-refractivity contribution in [2.45, 2.75) is 52.3 Å². The highest BCUT2D eigenvalue weighted by Crippen LogP contribution is 2.55. The van der Waals surface area contributed by atoms with E-state index in [1.54, 1.807) is 26.3 Å². The minimum Gasteiger partial charge on any atom is -0.495 e. The fraction of sp³-hybridized carbons (Fsp3) is 0.583.